The van der Waals surface area contributed by atoms with Crippen molar-refractivity contribution in [1.82, 2.24) is 19.0 Å². The van der Waals surface area contributed by atoms with Gasteiger partial charge in [-0.2, -0.15) is 18.8 Å². The fourth-order valence-corrected chi connectivity index (χ4v) is 7.29. The number of para-hydroxylation sites is 3. The summed E-state index contributed by atoms with van der Waals surface area (Å²) in [6, 6.07) is 57.1. The first-order chi connectivity index (χ1) is 25.2. The van der Waals surface area contributed by atoms with Crippen LogP contribution in [0, 0.1) is 18.8 Å². The molecule has 254 valence electrons. The smallest absolute Gasteiger partial charge is 0.137 e. The Morgan fingerprint density at radius 3 is 2.06 bits per heavy atom. The summed E-state index contributed by atoms with van der Waals surface area (Å²) in [4.78, 5) is 9.25. The number of ether oxygens (including phenoxy) is 1. The number of fused-ring (bicyclic) bond motifs is 6. The number of anilines is 1. The molecule has 0 atom stereocenters. The van der Waals surface area contributed by atoms with Crippen LogP contribution >= 0.6 is 0 Å². The second-order valence-electron chi connectivity index (χ2n) is 12.7. The maximum Gasteiger partial charge on any atom is 0.137 e. The molecule has 7 heteroatoms. The molecule has 0 aliphatic carbocycles. The Morgan fingerprint density at radius 1 is 0.596 bits per heavy atom. The van der Waals surface area contributed by atoms with Crippen molar-refractivity contribution in [1.29, 1.82) is 0 Å². The molecule has 4 heterocycles. The van der Waals surface area contributed by atoms with Crippen molar-refractivity contribution >= 4 is 55.0 Å². The average molecular weight is 852 g/mol. The van der Waals surface area contributed by atoms with Gasteiger partial charge in [0, 0.05) is 72.5 Å². The Morgan fingerprint density at radius 2 is 1.27 bits per heavy atom. The second-order valence-corrected chi connectivity index (χ2v) is 12.7. The summed E-state index contributed by atoms with van der Waals surface area (Å²) in [7, 11) is 2.05. The predicted molar refractivity (Wildman–Crippen MR) is 206 cm³/mol. The topological polar surface area (TPSA) is 38.5 Å². The van der Waals surface area contributed by atoms with Gasteiger partial charge in [0.05, 0.1) is 11.0 Å². The second kappa shape index (κ2) is 12.9. The van der Waals surface area contributed by atoms with E-state index in [9.17, 15) is 0 Å². The van der Waals surface area contributed by atoms with Crippen molar-refractivity contribution in [3.05, 3.63) is 182 Å². The van der Waals surface area contributed by atoms with Crippen LogP contribution in [0.3, 0.4) is 0 Å². The first-order valence-corrected chi connectivity index (χ1v) is 16.9. The predicted octanol–water partition coefficient (Wildman–Crippen LogP) is 10.5. The van der Waals surface area contributed by atoms with Crippen molar-refractivity contribution in [3.8, 4) is 23.0 Å². The van der Waals surface area contributed by atoms with E-state index in [0.717, 1.165) is 66.7 Å². The van der Waals surface area contributed by atoms with Crippen LogP contribution in [-0.4, -0.2) is 26.1 Å². The molecule has 0 bridgehead atoms. The number of rotatable bonds is 6. The van der Waals surface area contributed by atoms with Gasteiger partial charge >= 0.3 is 0 Å². The molecule has 0 saturated heterocycles. The summed E-state index contributed by atoms with van der Waals surface area (Å²) in [5.74, 6) is 2.02. The van der Waals surface area contributed by atoms with Crippen LogP contribution in [0.2, 0.25) is 0 Å². The van der Waals surface area contributed by atoms with Gasteiger partial charge < -0.3 is 23.7 Å². The van der Waals surface area contributed by atoms with E-state index in [4.69, 9.17) is 9.72 Å². The number of benzene rings is 6. The molecule has 6 nitrogen and oxygen atoms in total. The van der Waals surface area contributed by atoms with Crippen LogP contribution < -0.4 is 9.64 Å². The van der Waals surface area contributed by atoms with Crippen LogP contribution in [0.15, 0.2) is 158 Å². The number of nitrogens with zero attached hydrogens (tertiary/aromatic N) is 5. The fourth-order valence-electron chi connectivity index (χ4n) is 7.29. The van der Waals surface area contributed by atoms with Crippen molar-refractivity contribution < 1.29 is 25.8 Å². The van der Waals surface area contributed by atoms with Gasteiger partial charge in [0.25, 0.3) is 0 Å². The van der Waals surface area contributed by atoms with Crippen molar-refractivity contribution in [2.45, 2.75) is 0 Å². The summed E-state index contributed by atoms with van der Waals surface area (Å²) < 4.78 is 11.0. The van der Waals surface area contributed by atoms with Gasteiger partial charge in [0.15, 0.2) is 0 Å². The van der Waals surface area contributed by atoms with E-state index in [0.29, 0.717) is 11.5 Å². The Kier molecular flexibility index (Phi) is 7.90. The van der Waals surface area contributed by atoms with Gasteiger partial charge in [0.2, 0.25) is 0 Å². The molecular weight excluding hydrogens is 822 g/mol. The Hall–Kier alpha value is -6.10. The zero-order valence-electron chi connectivity index (χ0n) is 28.0. The first-order valence-electron chi connectivity index (χ1n) is 16.9. The number of aromatic nitrogens is 3. The number of hydrogen-bond acceptors (Lipinski definition) is 4. The molecule has 1 aliphatic rings. The van der Waals surface area contributed by atoms with E-state index >= 15 is 0 Å². The standard InChI is InChI=1S/C45H30N5O.Pt/c1-47-30-48(29-44(47)31-13-4-2-5-14-31)33-17-12-18-34(25-33)51-35-23-24-38-36-19-8-11-22-41(36)50(42(38)26-35)45-27-43-39(28-46-45)37-20-9-10-21-40(37)49(43)32-15-6-3-7-16-32;/h2-24,27-30H,1H3;/q-3;. The van der Waals surface area contributed by atoms with Gasteiger partial charge in [-0.3, -0.25) is 0 Å². The minimum atomic E-state index is 0. The zero-order chi connectivity index (χ0) is 33.9. The molecule has 1 aliphatic heterocycles. The van der Waals surface area contributed by atoms with Gasteiger partial charge in [-0.15, -0.1) is 41.4 Å². The summed E-state index contributed by atoms with van der Waals surface area (Å²) >= 11 is 0. The number of pyridine rings is 1. The van der Waals surface area contributed by atoms with Gasteiger partial charge in [-0.1, -0.05) is 90.4 Å². The average Bonchev–Trinajstić information content (AvgIpc) is 3.84. The third-order valence-corrected chi connectivity index (χ3v) is 9.60. The van der Waals surface area contributed by atoms with Crippen LogP contribution in [0.4, 0.5) is 5.69 Å². The molecule has 0 amide bonds. The SMILES string of the molecule is CN1[CH-]N(c2[c-]c(Oc3[c-]c4c(cc3)c3ccccc3n4-c3cc4c(cn3)c3ccccc3n4-c3ccccc3)ccc2)C=C1c1ccccc1.[Pt]. The maximum absolute atomic E-state index is 6.48. The molecule has 0 radical (unpaired) electrons. The molecule has 0 unspecified atom stereocenters. The summed E-state index contributed by atoms with van der Waals surface area (Å²) in [6.07, 6.45) is 4.11. The van der Waals surface area contributed by atoms with E-state index in [1.165, 1.54) is 5.39 Å². The normalized spacial score (nSPS) is 12.9. The largest absolute Gasteiger partial charge is 0.509 e. The van der Waals surface area contributed by atoms with Crippen LogP contribution in [0.1, 0.15) is 5.56 Å². The molecule has 0 fully saturated rings. The Bertz CT molecular complexity index is 2790. The molecule has 0 saturated carbocycles. The third-order valence-electron chi connectivity index (χ3n) is 9.60. The van der Waals surface area contributed by atoms with E-state index in [2.05, 4.69) is 160 Å². The van der Waals surface area contributed by atoms with E-state index in [1.807, 2.05) is 42.6 Å². The fraction of sp³-hybridized carbons (Fsp3) is 0.0222. The van der Waals surface area contributed by atoms with Crippen LogP contribution in [0.25, 0.3) is 60.8 Å². The van der Waals surface area contributed by atoms with Crippen LogP contribution in [0.5, 0.6) is 11.5 Å². The Balaban J connectivity index is 0.00000360. The molecule has 3 aromatic heterocycles. The van der Waals surface area contributed by atoms with Crippen molar-refractivity contribution in [2.24, 2.45) is 0 Å². The van der Waals surface area contributed by atoms with Gasteiger partial charge in [0.1, 0.15) is 5.82 Å². The summed E-state index contributed by atoms with van der Waals surface area (Å²) in [5, 5.41) is 4.48. The molecule has 6 aromatic carbocycles. The van der Waals surface area contributed by atoms with Gasteiger partial charge in [-0.25, -0.2) is 4.98 Å². The summed E-state index contributed by atoms with van der Waals surface area (Å²) in [6.45, 7) is 2.05. The monoisotopic (exact) mass is 851 g/mol. The van der Waals surface area contributed by atoms with E-state index in [1.54, 1.807) is 0 Å². The van der Waals surface area contributed by atoms with Crippen LogP contribution in [-0.2, 0) is 21.1 Å². The van der Waals surface area contributed by atoms with E-state index in [-0.39, 0.29) is 21.1 Å². The molecule has 10 rings (SSSR count). The quantitative estimate of drug-likeness (QED) is 0.156. The zero-order valence-corrected chi connectivity index (χ0v) is 30.3. The molecule has 0 spiro atoms. The minimum absolute atomic E-state index is 0. The molecule has 52 heavy (non-hydrogen) atoms. The molecular formula is C45H30N5OPt-3. The molecule has 9 aromatic rings. The summed E-state index contributed by atoms with van der Waals surface area (Å²) in [5.41, 5.74) is 8.43. The number of hydrogen-bond donors (Lipinski definition) is 0. The Labute approximate surface area is 315 Å². The maximum atomic E-state index is 6.48. The van der Waals surface area contributed by atoms with Crippen molar-refractivity contribution in [2.75, 3.05) is 11.9 Å². The van der Waals surface area contributed by atoms with Crippen molar-refractivity contribution in [3.63, 3.8) is 0 Å². The van der Waals surface area contributed by atoms with Gasteiger partial charge in [-0.05, 0) is 48.5 Å². The van der Waals surface area contributed by atoms with E-state index < -0.39 is 0 Å². The first kappa shape index (κ1) is 31.8. The minimum Gasteiger partial charge on any atom is -0.509 e. The molecule has 0 N–H and O–H groups in total. The third kappa shape index (κ3) is 5.26.